The van der Waals surface area contributed by atoms with E-state index in [4.69, 9.17) is 0 Å². The summed E-state index contributed by atoms with van der Waals surface area (Å²) in [7, 11) is 0. The third kappa shape index (κ3) is 3.53. The average Bonchev–Trinajstić information content (AvgIpc) is 3.03. The van der Waals surface area contributed by atoms with E-state index in [1.54, 1.807) is 10.6 Å². The maximum absolute atomic E-state index is 12.1. The molecule has 0 radical (unpaired) electrons. The number of hydrogen-bond donors (Lipinski definition) is 1. The number of imidazole rings is 1. The van der Waals surface area contributed by atoms with Gasteiger partial charge in [-0.3, -0.25) is 9.20 Å². The minimum atomic E-state index is -4.44. The number of carbonyl (C=O) groups excluding carboxylic acids is 1. The summed E-state index contributed by atoms with van der Waals surface area (Å²) in [6.45, 7) is 0.627. The second kappa shape index (κ2) is 5.69. The van der Waals surface area contributed by atoms with E-state index in [-0.39, 0.29) is 5.69 Å². The normalized spacial score (nSPS) is 11.8. The van der Waals surface area contributed by atoms with Gasteiger partial charge in [0.15, 0.2) is 4.96 Å². The molecule has 0 atom stereocenters. The van der Waals surface area contributed by atoms with Crippen LogP contribution in [0.3, 0.4) is 0 Å². The molecule has 8 heteroatoms. The van der Waals surface area contributed by atoms with Gasteiger partial charge >= 0.3 is 6.18 Å². The zero-order valence-corrected chi connectivity index (χ0v) is 12.8. The highest BCUT2D eigenvalue weighted by molar-refractivity contribution is 7.20. The number of alkyl halides is 3. The van der Waals surface area contributed by atoms with Gasteiger partial charge in [-0.1, -0.05) is 41.2 Å². The van der Waals surface area contributed by atoms with Gasteiger partial charge in [0.2, 0.25) is 0 Å². The Bertz CT molecular complexity index is 818. The van der Waals surface area contributed by atoms with Crippen LogP contribution in [0.15, 0.2) is 36.7 Å². The van der Waals surface area contributed by atoms with E-state index in [2.05, 4.69) is 4.98 Å². The molecule has 3 aromatic rings. The van der Waals surface area contributed by atoms with E-state index in [0.717, 1.165) is 16.0 Å². The maximum Gasteiger partial charge on any atom is 0.405 e. The molecule has 0 fully saturated rings. The van der Waals surface area contributed by atoms with Crippen molar-refractivity contribution in [2.24, 2.45) is 0 Å². The fourth-order valence-corrected chi connectivity index (χ4v) is 3.00. The summed E-state index contributed by atoms with van der Waals surface area (Å²) in [6, 6.07) is 7.96. The van der Waals surface area contributed by atoms with Gasteiger partial charge in [-0.05, 0) is 12.5 Å². The van der Waals surface area contributed by atoms with E-state index < -0.39 is 18.6 Å². The molecule has 2 aromatic heterocycles. The van der Waals surface area contributed by atoms with Crippen molar-refractivity contribution in [3.8, 4) is 10.4 Å². The van der Waals surface area contributed by atoms with Crippen molar-refractivity contribution in [3.63, 3.8) is 0 Å². The summed E-state index contributed by atoms with van der Waals surface area (Å²) in [5.74, 6) is -0.838. The quantitative estimate of drug-likeness (QED) is 0.791. The van der Waals surface area contributed by atoms with Crippen LogP contribution in [0, 0.1) is 6.92 Å². The highest BCUT2D eigenvalue weighted by Gasteiger charge is 2.28. The van der Waals surface area contributed by atoms with E-state index in [9.17, 15) is 18.0 Å². The average molecular weight is 339 g/mol. The predicted octanol–water partition coefficient (Wildman–Crippen LogP) is 3.66. The number of thiazole rings is 1. The lowest BCUT2D eigenvalue weighted by molar-refractivity contribution is -0.123. The van der Waals surface area contributed by atoms with Crippen molar-refractivity contribution >= 4 is 22.2 Å². The lowest BCUT2D eigenvalue weighted by Crippen LogP contribution is -2.33. The van der Waals surface area contributed by atoms with Gasteiger partial charge in [0, 0.05) is 12.4 Å². The van der Waals surface area contributed by atoms with Gasteiger partial charge in [-0.15, -0.1) is 0 Å². The molecule has 1 amide bonds. The Morgan fingerprint density at radius 2 is 1.96 bits per heavy atom. The summed E-state index contributed by atoms with van der Waals surface area (Å²) in [5.41, 5.74) is 2.14. The fourth-order valence-electron chi connectivity index (χ4n) is 2.03. The fraction of sp³-hybridized carbons (Fsp3) is 0.200. The zero-order chi connectivity index (χ0) is 16.6. The summed E-state index contributed by atoms with van der Waals surface area (Å²) in [5, 5.41) is 1.81. The van der Waals surface area contributed by atoms with Crippen LogP contribution >= 0.6 is 11.3 Å². The van der Waals surface area contributed by atoms with Gasteiger partial charge in [-0.2, -0.15) is 13.2 Å². The summed E-state index contributed by atoms with van der Waals surface area (Å²) < 4.78 is 38.0. The molecule has 0 saturated heterocycles. The minimum Gasteiger partial charge on any atom is -0.342 e. The predicted molar refractivity (Wildman–Crippen MR) is 81.6 cm³/mol. The third-order valence-electron chi connectivity index (χ3n) is 3.17. The van der Waals surface area contributed by atoms with Crippen molar-refractivity contribution in [3.05, 3.63) is 47.9 Å². The van der Waals surface area contributed by atoms with Crippen molar-refractivity contribution in [2.45, 2.75) is 13.1 Å². The number of fused-ring (bicyclic) bond motifs is 1. The molecule has 3 rings (SSSR count). The van der Waals surface area contributed by atoms with Crippen molar-refractivity contribution in [2.75, 3.05) is 6.54 Å². The van der Waals surface area contributed by atoms with Gasteiger partial charge in [0.1, 0.15) is 12.2 Å². The van der Waals surface area contributed by atoms with Crippen LogP contribution in [-0.2, 0) is 0 Å². The molecule has 0 aliphatic rings. The number of benzene rings is 1. The van der Waals surface area contributed by atoms with E-state index >= 15 is 0 Å². The van der Waals surface area contributed by atoms with Crippen LogP contribution in [0.25, 0.3) is 15.4 Å². The molecular formula is C15H12F3N3OS. The Hall–Kier alpha value is -2.35. The lowest BCUT2D eigenvalue weighted by atomic mass is 10.1. The molecule has 0 unspecified atom stereocenters. The number of aromatic nitrogens is 2. The van der Waals surface area contributed by atoms with Crippen LogP contribution in [0.1, 0.15) is 16.1 Å². The lowest BCUT2D eigenvalue weighted by Gasteiger charge is -2.06. The molecule has 23 heavy (non-hydrogen) atoms. The van der Waals surface area contributed by atoms with E-state index in [0.29, 0.717) is 4.96 Å². The van der Waals surface area contributed by atoms with Gasteiger partial charge < -0.3 is 5.32 Å². The highest BCUT2D eigenvalue weighted by atomic mass is 32.1. The number of nitrogens with one attached hydrogen (secondary N) is 1. The van der Waals surface area contributed by atoms with E-state index in [1.165, 1.54) is 17.5 Å². The number of amides is 1. The van der Waals surface area contributed by atoms with Gasteiger partial charge in [-0.25, -0.2) is 4.98 Å². The first-order chi connectivity index (χ1) is 10.8. The smallest absolute Gasteiger partial charge is 0.342 e. The van der Waals surface area contributed by atoms with Crippen LogP contribution in [-0.4, -0.2) is 28.0 Å². The first-order valence-corrected chi connectivity index (χ1v) is 7.54. The molecule has 0 aliphatic heterocycles. The summed E-state index contributed by atoms with van der Waals surface area (Å²) in [6.07, 6.45) is -1.21. The first kappa shape index (κ1) is 15.5. The van der Waals surface area contributed by atoms with Crippen LogP contribution < -0.4 is 5.32 Å². The SMILES string of the molecule is Cc1ccc(-c2cn3cc(C(=O)NCC(F)(F)F)nc3s2)cc1. The topological polar surface area (TPSA) is 46.4 Å². The van der Waals surface area contributed by atoms with Crippen LogP contribution in [0.5, 0.6) is 0 Å². The number of aryl methyl sites for hydroxylation is 1. The molecule has 2 heterocycles. The van der Waals surface area contributed by atoms with Crippen molar-refractivity contribution in [1.82, 2.24) is 14.7 Å². The number of nitrogens with zero attached hydrogens (tertiary/aromatic N) is 2. The maximum atomic E-state index is 12.1. The van der Waals surface area contributed by atoms with Crippen molar-refractivity contribution in [1.29, 1.82) is 0 Å². The van der Waals surface area contributed by atoms with Gasteiger partial charge in [0.25, 0.3) is 5.91 Å². The molecule has 120 valence electrons. The third-order valence-corrected chi connectivity index (χ3v) is 4.22. The monoisotopic (exact) mass is 339 g/mol. The molecule has 0 bridgehead atoms. The Morgan fingerprint density at radius 1 is 1.26 bits per heavy atom. The number of rotatable bonds is 3. The molecular weight excluding hydrogens is 327 g/mol. The highest BCUT2D eigenvalue weighted by Crippen LogP contribution is 2.28. The zero-order valence-electron chi connectivity index (χ0n) is 12.0. The largest absolute Gasteiger partial charge is 0.405 e. The van der Waals surface area contributed by atoms with Crippen molar-refractivity contribution < 1.29 is 18.0 Å². The molecule has 1 aromatic carbocycles. The summed E-state index contributed by atoms with van der Waals surface area (Å²) in [4.78, 5) is 17.3. The van der Waals surface area contributed by atoms with E-state index in [1.807, 2.05) is 36.5 Å². The first-order valence-electron chi connectivity index (χ1n) is 6.72. The second-order valence-corrected chi connectivity index (χ2v) is 6.08. The molecule has 1 N–H and O–H groups in total. The second-order valence-electron chi connectivity index (χ2n) is 5.08. The Labute approximate surface area is 133 Å². The molecule has 0 aliphatic carbocycles. The van der Waals surface area contributed by atoms with Crippen LogP contribution in [0.2, 0.25) is 0 Å². The number of halogens is 3. The minimum absolute atomic E-state index is 0.0315. The molecule has 4 nitrogen and oxygen atoms in total. The number of carbonyl (C=O) groups is 1. The molecule has 0 saturated carbocycles. The summed E-state index contributed by atoms with van der Waals surface area (Å²) >= 11 is 1.37. The molecule has 0 spiro atoms. The number of hydrogen-bond acceptors (Lipinski definition) is 3. The Kier molecular flexibility index (Phi) is 3.85. The standard InChI is InChI=1S/C15H12F3N3OS/c1-9-2-4-10(5-3-9)12-7-21-6-11(20-14(21)23-12)13(22)19-8-15(16,17)18/h2-7H,8H2,1H3,(H,19,22). The van der Waals surface area contributed by atoms with Gasteiger partial charge in [0.05, 0.1) is 4.88 Å². The Balaban J connectivity index is 1.80. The van der Waals surface area contributed by atoms with Crippen LogP contribution in [0.4, 0.5) is 13.2 Å². The Morgan fingerprint density at radius 3 is 2.57 bits per heavy atom.